The number of hydrogen-bond acceptors (Lipinski definition) is 2. The van der Waals surface area contributed by atoms with E-state index >= 15 is 0 Å². The van der Waals surface area contributed by atoms with Crippen LogP contribution >= 0.6 is 0 Å². The highest BCUT2D eigenvalue weighted by Crippen LogP contribution is 2.15. The first-order chi connectivity index (χ1) is 8.75. The molecule has 0 aliphatic carbocycles. The first-order valence-electron chi connectivity index (χ1n) is 6.30. The quantitative estimate of drug-likeness (QED) is 0.886. The van der Waals surface area contributed by atoms with Crippen molar-refractivity contribution < 1.29 is 14.7 Å². The van der Waals surface area contributed by atoms with Gasteiger partial charge in [0.05, 0.1) is 0 Å². The van der Waals surface area contributed by atoms with Gasteiger partial charge in [0, 0.05) is 13.5 Å². The molecule has 1 N–H and O–H groups in total. The molecule has 0 unspecified atom stereocenters. The fourth-order valence-electron chi connectivity index (χ4n) is 1.63. The Morgan fingerprint density at radius 2 is 1.74 bits per heavy atom. The molecule has 19 heavy (non-hydrogen) atoms. The molecule has 4 heteroatoms. The number of nitrogens with zero attached hydrogens (tertiary/aromatic N) is 1. The van der Waals surface area contributed by atoms with Crippen molar-refractivity contribution in [2.45, 2.75) is 39.2 Å². The number of rotatable bonds is 5. The van der Waals surface area contributed by atoms with Crippen LogP contribution in [0.1, 0.15) is 31.4 Å². The van der Waals surface area contributed by atoms with E-state index in [0.29, 0.717) is 12.8 Å². The summed E-state index contributed by atoms with van der Waals surface area (Å²) in [5.74, 6) is -1.16. The molecular weight excluding hydrogens is 242 g/mol. The van der Waals surface area contributed by atoms with Gasteiger partial charge in [-0.05, 0) is 32.8 Å². The lowest BCUT2D eigenvalue weighted by Crippen LogP contribution is -2.50. The van der Waals surface area contributed by atoms with Crippen molar-refractivity contribution in [2.75, 3.05) is 7.05 Å². The summed E-state index contributed by atoms with van der Waals surface area (Å²) in [5, 5.41) is 9.08. The highest BCUT2D eigenvalue weighted by Gasteiger charge is 2.34. The number of hydrogen-bond donors (Lipinski definition) is 1. The van der Waals surface area contributed by atoms with Crippen LogP contribution in [0.4, 0.5) is 0 Å². The number of amides is 1. The largest absolute Gasteiger partial charge is 0.480 e. The van der Waals surface area contributed by atoms with Crippen LogP contribution in [0.2, 0.25) is 0 Å². The van der Waals surface area contributed by atoms with Gasteiger partial charge >= 0.3 is 5.97 Å². The Balaban J connectivity index is 2.61. The van der Waals surface area contributed by atoms with Crippen LogP contribution in [0.3, 0.4) is 0 Å². The normalized spacial score (nSPS) is 11.2. The Hall–Kier alpha value is -1.84. The maximum Gasteiger partial charge on any atom is 0.329 e. The minimum Gasteiger partial charge on any atom is -0.480 e. The molecule has 0 saturated carbocycles. The smallest absolute Gasteiger partial charge is 0.329 e. The molecule has 0 spiro atoms. The molecule has 104 valence electrons. The van der Waals surface area contributed by atoms with Crippen LogP contribution in [0.5, 0.6) is 0 Å². The van der Waals surface area contributed by atoms with Crippen LogP contribution in [0, 0.1) is 6.92 Å². The van der Waals surface area contributed by atoms with E-state index in [-0.39, 0.29) is 5.91 Å². The maximum absolute atomic E-state index is 12.0. The summed E-state index contributed by atoms with van der Waals surface area (Å²) < 4.78 is 0. The third-order valence-corrected chi connectivity index (χ3v) is 3.48. The van der Waals surface area contributed by atoms with E-state index in [1.54, 1.807) is 0 Å². The van der Waals surface area contributed by atoms with Crippen LogP contribution < -0.4 is 0 Å². The Morgan fingerprint density at radius 3 is 2.21 bits per heavy atom. The summed E-state index contributed by atoms with van der Waals surface area (Å²) in [4.78, 5) is 24.4. The van der Waals surface area contributed by atoms with Gasteiger partial charge in [0.1, 0.15) is 5.54 Å². The zero-order chi connectivity index (χ0) is 14.6. The molecule has 0 fully saturated rings. The number of aryl methyl sites for hydroxylation is 2. The lowest BCUT2D eigenvalue weighted by atomic mass is 10.0. The number of likely N-dealkylation sites (N-methyl/N-ethyl adjacent to an activating group) is 1. The molecule has 0 radical (unpaired) electrons. The predicted molar refractivity (Wildman–Crippen MR) is 74.0 cm³/mol. The summed E-state index contributed by atoms with van der Waals surface area (Å²) in [6, 6.07) is 7.99. The number of aliphatic carboxylic acids is 1. The first-order valence-corrected chi connectivity index (χ1v) is 6.30. The van der Waals surface area contributed by atoms with Crippen molar-refractivity contribution in [2.24, 2.45) is 0 Å². The van der Waals surface area contributed by atoms with E-state index in [2.05, 4.69) is 0 Å². The molecule has 1 aromatic rings. The average Bonchev–Trinajstić information content (AvgIpc) is 2.36. The molecule has 1 amide bonds. The number of carboxylic acids is 1. The summed E-state index contributed by atoms with van der Waals surface area (Å²) in [6.45, 7) is 5.07. The molecule has 0 aliphatic rings. The van der Waals surface area contributed by atoms with Gasteiger partial charge in [0.15, 0.2) is 0 Å². The molecule has 0 aliphatic heterocycles. The molecule has 0 heterocycles. The second kappa shape index (κ2) is 5.87. The number of carbonyl (C=O) groups is 2. The van der Waals surface area contributed by atoms with Crippen LogP contribution in [0.15, 0.2) is 24.3 Å². The zero-order valence-electron chi connectivity index (χ0n) is 11.9. The Bertz CT molecular complexity index is 463. The first kappa shape index (κ1) is 15.2. The highest BCUT2D eigenvalue weighted by atomic mass is 16.4. The van der Waals surface area contributed by atoms with Gasteiger partial charge in [-0.2, -0.15) is 0 Å². The fraction of sp³-hybridized carbons (Fsp3) is 0.467. The third-order valence-electron chi connectivity index (χ3n) is 3.48. The minimum absolute atomic E-state index is 0.159. The summed E-state index contributed by atoms with van der Waals surface area (Å²) >= 11 is 0. The second-order valence-electron chi connectivity index (χ2n) is 5.30. The predicted octanol–water partition coefficient (Wildman–Crippen LogP) is 2.25. The lowest BCUT2D eigenvalue weighted by Gasteiger charge is -2.31. The van der Waals surface area contributed by atoms with Crippen LogP contribution in [-0.4, -0.2) is 34.5 Å². The topological polar surface area (TPSA) is 57.6 Å². The van der Waals surface area contributed by atoms with Crippen molar-refractivity contribution in [1.82, 2.24) is 4.90 Å². The Morgan fingerprint density at radius 1 is 1.21 bits per heavy atom. The van der Waals surface area contributed by atoms with Gasteiger partial charge in [-0.1, -0.05) is 29.8 Å². The second-order valence-corrected chi connectivity index (χ2v) is 5.30. The third kappa shape index (κ3) is 3.81. The summed E-state index contributed by atoms with van der Waals surface area (Å²) in [7, 11) is 1.53. The molecule has 0 saturated heterocycles. The van der Waals surface area contributed by atoms with Gasteiger partial charge in [-0.25, -0.2) is 4.79 Å². The van der Waals surface area contributed by atoms with E-state index in [4.69, 9.17) is 5.11 Å². The van der Waals surface area contributed by atoms with E-state index in [1.807, 2.05) is 31.2 Å². The SMILES string of the molecule is Cc1ccc(CCC(=O)N(C)C(C)(C)C(=O)O)cc1. The van der Waals surface area contributed by atoms with Crippen molar-refractivity contribution in [3.63, 3.8) is 0 Å². The van der Waals surface area contributed by atoms with Crippen LogP contribution in [-0.2, 0) is 16.0 Å². The monoisotopic (exact) mass is 263 g/mol. The molecule has 0 atom stereocenters. The van der Waals surface area contributed by atoms with Crippen molar-refractivity contribution in [3.05, 3.63) is 35.4 Å². The number of carboxylic acid groups (broad SMARTS) is 1. The Labute approximate surface area is 114 Å². The highest BCUT2D eigenvalue weighted by molar-refractivity contribution is 5.86. The lowest BCUT2D eigenvalue weighted by molar-refractivity contribution is -0.155. The summed E-state index contributed by atoms with van der Waals surface area (Å²) in [5.41, 5.74) is 1.09. The van der Waals surface area contributed by atoms with Gasteiger partial charge in [-0.3, -0.25) is 4.79 Å². The number of benzene rings is 1. The van der Waals surface area contributed by atoms with Gasteiger partial charge in [0.25, 0.3) is 0 Å². The average molecular weight is 263 g/mol. The summed E-state index contributed by atoms with van der Waals surface area (Å²) in [6.07, 6.45) is 0.940. The molecular formula is C15H21NO3. The Kier molecular flexibility index (Phi) is 4.70. The van der Waals surface area contributed by atoms with Gasteiger partial charge in [-0.15, -0.1) is 0 Å². The van der Waals surface area contributed by atoms with Crippen molar-refractivity contribution >= 4 is 11.9 Å². The molecule has 4 nitrogen and oxygen atoms in total. The van der Waals surface area contributed by atoms with Gasteiger partial charge in [0.2, 0.25) is 5.91 Å². The van der Waals surface area contributed by atoms with Crippen molar-refractivity contribution in [3.8, 4) is 0 Å². The van der Waals surface area contributed by atoms with Gasteiger partial charge < -0.3 is 10.0 Å². The molecule has 0 aromatic heterocycles. The van der Waals surface area contributed by atoms with Crippen molar-refractivity contribution in [1.29, 1.82) is 0 Å². The minimum atomic E-state index is -1.18. The molecule has 0 bridgehead atoms. The van der Waals surface area contributed by atoms with E-state index < -0.39 is 11.5 Å². The standard InChI is InChI=1S/C15H21NO3/c1-11-5-7-12(8-6-11)9-10-13(17)16(4)15(2,3)14(18)19/h5-8H,9-10H2,1-4H3,(H,18,19). The van der Waals surface area contributed by atoms with E-state index in [0.717, 1.165) is 5.56 Å². The maximum atomic E-state index is 12.0. The van der Waals surface area contributed by atoms with E-state index in [1.165, 1.54) is 31.4 Å². The zero-order valence-corrected chi connectivity index (χ0v) is 11.9. The molecule has 1 aromatic carbocycles. The van der Waals surface area contributed by atoms with E-state index in [9.17, 15) is 9.59 Å². The molecule has 1 rings (SSSR count). The fourth-order valence-corrected chi connectivity index (χ4v) is 1.63. The van der Waals surface area contributed by atoms with Crippen LogP contribution in [0.25, 0.3) is 0 Å². The number of carbonyl (C=O) groups excluding carboxylic acids is 1.